The molecule has 15 heavy (non-hydrogen) atoms. The largest absolute Gasteiger partial charge is 0.480 e. The lowest BCUT2D eigenvalue weighted by molar-refractivity contribution is -0.136. The van der Waals surface area contributed by atoms with Gasteiger partial charge in [0.2, 0.25) is 0 Å². The first kappa shape index (κ1) is 12.9. The Bertz CT molecular complexity index is 208. The van der Waals surface area contributed by atoms with Gasteiger partial charge in [0.05, 0.1) is 0 Å². The van der Waals surface area contributed by atoms with E-state index >= 15 is 0 Å². The van der Waals surface area contributed by atoms with E-state index in [0.29, 0.717) is 5.25 Å². The monoisotopic (exact) mass is 230 g/mol. The summed E-state index contributed by atoms with van der Waals surface area (Å²) >= 11 is 1.68. The maximum absolute atomic E-state index is 10.9. The first-order valence-corrected chi connectivity index (χ1v) is 6.85. The molecule has 2 nitrogen and oxygen atoms in total. The van der Waals surface area contributed by atoms with Crippen LogP contribution in [0, 0.1) is 11.8 Å². The van der Waals surface area contributed by atoms with Gasteiger partial charge in [-0.3, -0.25) is 4.79 Å². The lowest BCUT2D eigenvalue weighted by Gasteiger charge is -2.32. The van der Waals surface area contributed by atoms with Gasteiger partial charge in [-0.05, 0) is 37.5 Å². The highest BCUT2D eigenvalue weighted by molar-refractivity contribution is 8.01. The van der Waals surface area contributed by atoms with Crippen molar-refractivity contribution in [3.8, 4) is 0 Å². The van der Waals surface area contributed by atoms with Crippen LogP contribution in [-0.4, -0.2) is 21.6 Å². The molecule has 1 fully saturated rings. The van der Waals surface area contributed by atoms with E-state index in [1.807, 2.05) is 6.92 Å². The van der Waals surface area contributed by atoms with Gasteiger partial charge in [0.1, 0.15) is 5.25 Å². The number of hydrogen-bond acceptors (Lipinski definition) is 2. The van der Waals surface area contributed by atoms with E-state index in [4.69, 9.17) is 5.11 Å². The zero-order valence-corrected chi connectivity index (χ0v) is 10.7. The SMILES string of the molecule is CCC(SC1CC(C)CC(C)C1)C(=O)O. The van der Waals surface area contributed by atoms with E-state index in [1.54, 1.807) is 11.8 Å². The van der Waals surface area contributed by atoms with E-state index in [0.717, 1.165) is 18.3 Å². The molecule has 3 heteroatoms. The third-order valence-corrected chi connectivity index (χ3v) is 4.77. The Morgan fingerprint density at radius 3 is 2.27 bits per heavy atom. The molecule has 0 radical (unpaired) electrons. The first-order valence-electron chi connectivity index (χ1n) is 5.91. The smallest absolute Gasteiger partial charge is 0.316 e. The molecule has 3 unspecified atom stereocenters. The first-order chi connectivity index (χ1) is 7.02. The van der Waals surface area contributed by atoms with Gasteiger partial charge in [-0.2, -0.15) is 0 Å². The molecule has 1 N–H and O–H groups in total. The third-order valence-electron chi connectivity index (χ3n) is 3.14. The van der Waals surface area contributed by atoms with Crippen LogP contribution in [0.5, 0.6) is 0 Å². The number of carboxylic acids is 1. The van der Waals surface area contributed by atoms with Crippen LogP contribution in [-0.2, 0) is 4.79 Å². The maximum Gasteiger partial charge on any atom is 0.316 e. The minimum atomic E-state index is -0.645. The van der Waals surface area contributed by atoms with Crippen LogP contribution in [0.4, 0.5) is 0 Å². The molecule has 0 amide bonds. The normalized spacial score (nSPS) is 33.7. The molecular formula is C12H22O2S. The molecule has 1 rings (SSSR count). The Morgan fingerprint density at radius 2 is 1.87 bits per heavy atom. The van der Waals surface area contributed by atoms with E-state index < -0.39 is 5.97 Å². The van der Waals surface area contributed by atoms with Gasteiger partial charge in [-0.25, -0.2) is 0 Å². The van der Waals surface area contributed by atoms with Gasteiger partial charge in [0.15, 0.2) is 0 Å². The second-order valence-corrected chi connectivity index (χ2v) is 6.42. The van der Waals surface area contributed by atoms with Crippen molar-refractivity contribution in [2.75, 3.05) is 0 Å². The van der Waals surface area contributed by atoms with Crippen molar-refractivity contribution < 1.29 is 9.90 Å². The van der Waals surface area contributed by atoms with Crippen molar-refractivity contribution in [2.45, 2.75) is 57.0 Å². The molecule has 3 atom stereocenters. The fourth-order valence-corrected chi connectivity index (χ4v) is 4.20. The van der Waals surface area contributed by atoms with Crippen LogP contribution in [0.1, 0.15) is 46.5 Å². The van der Waals surface area contributed by atoms with Crippen LogP contribution in [0.2, 0.25) is 0 Å². The molecule has 0 aliphatic heterocycles. The molecule has 1 aliphatic rings. The highest BCUT2D eigenvalue weighted by Crippen LogP contribution is 2.37. The Morgan fingerprint density at radius 1 is 1.33 bits per heavy atom. The van der Waals surface area contributed by atoms with E-state index in [-0.39, 0.29) is 5.25 Å². The highest BCUT2D eigenvalue weighted by atomic mass is 32.2. The number of hydrogen-bond donors (Lipinski definition) is 1. The number of carbonyl (C=O) groups is 1. The van der Waals surface area contributed by atoms with Gasteiger partial charge in [0, 0.05) is 5.25 Å². The summed E-state index contributed by atoms with van der Waals surface area (Å²) in [6, 6.07) is 0. The zero-order chi connectivity index (χ0) is 11.4. The minimum Gasteiger partial charge on any atom is -0.480 e. The van der Waals surface area contributed by atoms with Crippen molar-refractivity contribution in [3.05, 3.63) is 0 Å². The Labute approximate surface area is 96.8 Å². The van der Waals surface area contributed by atoms with Crippen LogP contribution >= 0.6 is 11.8 Å². The number of rotatable bonds is 4. The molecule has 0 saturated heterocycles. The second-order valence-electron chi connectivity index (χ2n) is 4.91. The molecule has 0 aromatic carbocycles. The molecule has 0 spiro atoms. The van der Waals surface area contributed by atoms with E-state index in [9.17, 15) is 4.79 Å². The van der Waals surface area contributed by atoms with Crippen molar-refractivity contribution in [1.29, 1.82) is 0 Å². The fraction of sp³-hybridized carbons (Fsp3) is 0.917. The summed E-state index contributed by atoms with van der Waals surface area (Å²) in [4.78, 5) is 10.9. The van der Waals surface area contributed by atoms with Crippen LogP contribution in [0.15, 0.2) is 0 Å². The van der Waals surface area contributed by atoms with Crippen molar-refractivity contribution in [1.82, 2.24) is 0 Å². The molecule has 0 bridgehead atoms. The third kappa shape index (κ3) is 4.06. The lowest BCUT2D eigenvalue weighted by atomic mass is 9.83. The van der Waals surface area contributed by atoms with Gasteiger partial charge in [-0.1, -0.05) is 20.8 Å². The summed E-state index contributed by atoms with van der Waals surface area (Å²) in [5.74, 6) is 0.878. The summed E-state index contributed by atoms with van der Waals surface area (Å²) < 4.78 is 0. The van der Waals surface area contributed by atoms with Gasteiger partial charge in [-0.15, -0.1) is 11.8 Å². The van der Waals surface area contributed by atoms with E-state index in [2.05, 4.69) is 13.8 Å². The zero-order valence-electron chi connectivity index (χ0n) is 9.90. The molecule has 0 heterocycles. The van der Waals surface area contributed by atoms with Gasteiger partial charge >= 0.3 is 5.97 Å². The average Bonchev–Trinajstić information content (AvgIpc) is 2.12. The van der Waals surface area contributed by atoms with E-state index in [1.165, 1.54) is 19.3 Å². The fourth-order valence-electron chi connectivity index (χ4n) is 2.55. The number of aliphatic carboxylic acids is 1. The van der Waals surface area contributed by atoms with Crippen molar-refractivity contribution in [2.24, 2.45) is 11.8 Å². The standard InChI is InChI=1S/C12H22O2S/c1-4-11(12(13)14)15-10-6-8(2)5-9(3)7-10/h8-11H,4-7H2,1-3H3,(H,13,14). The quantitative estimate of drug-likeness (QED) is 0.804. The average molecular weight is 230 g/mol. The van der Waals surface area contributed by atoms with Gasteiger partial charge in [0.25, 0.3) is 0 Å². The minimum absolute atomic E-state index is 0.201. The number of thioether (sulfide) groups is 1. The lowest BCUT2D eigenvalue weighted by Crippen LogP contribution is -2.26. The second kappa shape index (κ2) is 5.78. The van der Waals surface area contributed by atoms with Gasteiger partial charge < -0.3 is 5.11 Å². The Hall–Kier alpha value is -0.180. The summed E-state index contributed by atoms with van der Waals surface area (Å²) in [5, 5.41) is 9.37. The summed E-state index contributed by atoms with van der Waals surface area (Å²) in [5.41, 5.74) is 0. The topological polar surface area (TPSA) is 37.3 Å². The molecular weight excluding hydrogens is 208 g/mol. The maximum atomic E-state index is 10.9. The summed E-state index contributed by atoms with van der Waals surface area (Å²) in [6.07, 6.45) is 4.43. The summed E-state index contributed by atoms with van der Waals surface area (Å²) in [7, 11) is 0. The van der Waals surface area contributed by atoms with Crippen LogP contribution in [0.3, 0.4) is 0 Å². The predicted octanol–water partition coefficient (Wildman–Crippen LogP) is 3.41. The van der Waals surface area contributed by atoms with Crippen LogP contribution < -0.4 is 0 Å². The molecule has 0 aromatic rings. The predicted molar refractivity (Wildman–Crippen MR) is 65.3 cm³/mol. The Balaban J connectivity index is 2.45. The van der Waals surface area contributed by atoms with Crippen LogP contribution in [0.25, 0.3) is 0 Å². The van der Waals surface area contributed by atoms with Crippen molar-refractivity contribution >= 4 is 17.7 Å². The number of carboxylic acid groups (broad SMARTS) is 1. The van der Waals surface area contributed by atoms with Crippen molar-refractivity contribution in [3.63, 3.8) is 0 Å². The molecule has 88 valence electrons. The Kier molecular flexibility index (Phi) is 4.97. The molecule has 1 saturated carbocycles. The summed E-state index contributed by atoms with van der Waals surface area (Å²) in [6.45, 7) is 6.53. The molecule has 0 aromatic heterocycles. The molecule has 1 aliphatic carbocycles. The highest BCUT2D eigenvalue weighted by Gasteiger charge is 2.28.